The van der Waals surface area contributed by atoms with Gasteiger partial charge in [-0.3, -0.25) is 0 Å². The Bertz CT molecular complexity index is 528. The number of hydrogen-bond acceptors (Lipinski definition) is 3. The lowest BCUT2D eigenvalue weighted by molar-refractivity contribution is 0.483. The molecule has 0 saturated carbocycles. The van der Waals surface area contributed by atoms with Gasteiger partial charge in [0.05, 0.1) is 0 Å². The van der Waals surface area contributed by atoms with E-state index < -0.39 is 0 Å². The molecule has 1 aliphatic heterocycles. The lowest BCUT2D eigenvalue weighted by atomic mass is 10.2. The molecule has 1 heterocycles. The zero-order chi connectivity index (χ0) is 13.1. The van der Waals surface area contributed by atoms with Gasteiger partial charge in [0.15, 0.2) is 0 Å². The number of nitrogen functional groups attached to an aromatic ring is 1. The Balaban J connectivity index is 1.70. The van der Waals surface area contributed by atoms with Crippen LogP contribution in [0, 0.1) is 0 Å². The van der Waals surface area contributed by atoms with Gasteiger partial charge in [0.25, 0.3) is 0 Å². The molecule has 3 nitrogen and oxygen atoms in total. The highest BCUT2D eigenvalue weighted by Gasteiger charge is 2.11. The molecule has 3 rings (SSSR count). The van der Waals surface area contributed by atoms with Crippen LogP contribution in [-0.4, -0.2) is 13.1 Å². The highest BCUT2D eigenvalue weighted by atomic mass is 16.5. The fraction of sp³-hybridized carbons (Fsp3) is 0.250. The van der Waals surface area contributed by atoms with Crippen LogP contribution in [0.2, 0.25) is 0 Å². The maximum absolute atomic E-state index is 5.78. The van der Waals surface area contributed by atoms with Crippen molar-refractivity contribution in [1.82, 2.24) is 0 Å². The van der Waals surface area contributed by atoms with Crippen molar-refractivity contribution in [2.45, 2.75) is 12.8 Å². The Morgan fingerprint density at radius 3 is 1.89 bits per heavy atom. The van der Waals surface area contributed by atoms with E-state index in [1.165, 1.54) is 18.5 Å². The second-order valence-corrected chi connectivity index (χ2v) is 4.86. The second-order valence-electron chi connectivity index (χ2n) is 4.86. The lowest BCUT2D eigenvalue weighted by Gasteiger charge is -2.17. The third kappa shape index (κ3) is 2.81. The average molecular weight is 254 g/mol. The minimum Gasteiger partial charge on any atom is -0.457 e. The Hall–Kier alpha value is -2.16. The minimum atomic E-state index is 0.747. The highest BCUT2D eigenvalue weighted by molar-refractivity contribution is 5.50. The van der Waals surface area contributed by atoms with E-state index in [1.54, 1.807) is 0 Å². The molecule has 0 unspecified atom stereocenters. The van der Waals surface area contributed by atoms with E-state index in [-0.39, 0.29) is 0 Å². The first-order chi connectivity index (χ1) is 9.31. The summed E-state index contributed by atoms with van der Waals surface area (Å²) in [4.78, 5) is 2.41. The first-order valence-electron chi connectivity index (χ1n) is 6.70. The van der Waals surface area contributed by atoms with Crippen LogP contribution >= 0.6 is 0 Å². The molecule has 0 aliphatic carbocycles. The predicted molar refractivity (Wildman–Crippen MR) is 78.8 cm³/mol. The lowest BCUT2D eigenvalue weighted by Crippen LogP contribution is -2.17. The maximum atomic E-state index is 5.78. The summed E-state index contributed by atoms with van der Waals surface area (Å²) in [5, 5.41) is 0. The maximum Gasteiger partial charge on any atom is 0.127 e. The molecular formula is C16H18N2O. The van der Waals surface area contributed by atoms with Crippen LogP contribution in [-0.2, 0) is 0 Å². The van der Waals surface area contributed by atoms with Crippen molar-refractivity contribution in [3.05, 3.63) is 48.5 Å². The van der Waals surface area contributed by atoms with Gasteiger partial charge in [-0.05, 0) is 61.4 Å². The van der Waals surface area contributed by atoms with Gasteiger partial charge < -0.3 is 15.4 Å². The number of benzene rings is 2. The largest absolute Gasteiger partial charge is 0.457 e. The number of ether oxygens (including phenoxy) is 1. The topological polar surface area (TPSA) is 38.5 Å². The van der Waals surface area contributed by atoms with E-state index in [1.807, 2.05) is 36.4 Å². The summed E-state index contributed by atoms with van der Waals surface area (Å²) in [7, 11) is 0. The summed E-state index contributed by atoms with van der Waals surface area (Å²) >= 11 is 0. The standard InChI is InChI=1S/C16H18N2O/c17-13-3-7-15(8-4-13)19-16-9-5-14(6-10-16)18-11-1-2-12-18/h3-10H,1-2,11-12,17H2. The predicted octanol–water partition coefficient (Wildman–Crippen LogP) is 3.66. The number of nitrogens with zero attached hydrogens (tertiary/aromatic N) is 1. The molecule has 98 valence electrons. The van der Waals surface area contributed by atoms with Crippen LogP contribution in [0.1, 0.15) is 12.8 Å². The van der Waals surface area contributed by atoms with E-state index >= 15 is 0 Å². The molecular weight excluding hydrogens is 236 g/mol. The Kier molecular flexibility index (Phi) is 3.27. The molecule has 3 heteroatoms. The van der Waals surface area contributed by atoms with Crippen molar-refractivity contribution >= 4 is 11.4 Å². The second kappa shape index (κ2) is 5.22. The SMILES string of the molecule is Nc1ccc(Oc2ccc(N3CCCC3)cc2)cc1. The highest BCUT2D eigenvalue weighted by Crippen LogP contribution is 2.26. The van der Waals surface area contributed by atoms with Crippen LogP contribution < -0.4 is 15.4 Å². The minimum absolute atomic E-state index is 0.747. The third-order valence-corrected chi connectivity index (χ3v) is 3.42. The van der Waals surface area contributed by atoms with Crippen molar-refractivity contribution in [3.8, 4) is 11.5 Å². The quantitative estimate of drug-likeness (QED) is 0.849. The van der Waals surface area contributed by atoms with Crippen LogP contribution in [0.25, 0.3) is 0 Å². The van der Waals surface area contributed by atoms with E-state index in [9.17, 15) is 0 Å². The molecule has 1 aliphatic rings. The number of nitrogens with two attached hydrogens (primary N) is 1. The van der Waals surface area contributed by atoms with Gasteiger partial charge in [0.1, 0.15) is 11.5 Å². The van der Waals surface area contributed by atoms with Crippen molar-refractivity contribution in [2.24, 2.45) is 0 Å². The molecule has 2 N–H and O–H groups in total. The molecule has 2 aromatic rings. The molecule has 1 fully saturated rings. The van der Waals surface area contributed by atoms with E-state index in [2.05, 4.69) is 17.0 Å². The molecule has 19 heavy (non-hydrogen) atoms. The third-order valence-electron chi connectivity index (χ3n) is 3.42. The summed E-state index contributed by atoms with van der Waals surface area (Å²) in [6, 6.07) is 15.7. The summed E-state index contributed by atoms with van der Waals surface area (Å²) < 4.78 is 5.78. The van der Waals surface area contributed by atoms with Crippen molar-refractivity contribution in [2.75, 3.05) is 23.7 Å². The average Bonchev–Trinajstić information content (AvgIpc) is 2.96. The van der Waals surface area contributed by atoms with Crippen LogP contribution in [0.5, 0.6) is 11.5 Å². The smallest absolute Gasteiger partial charge is 0.127 e. The Morgan fingerprint density at radius 2 is 1.32 bits per heavy atom. The van der Waals surface area contributed by atoms with Gasteiger partial charge in [0.2, 0.25) is 0 Å². The van der Waals surface area contributed by atoms with Crippen molar-refractivity contribution in [1.29, 1.82) is 0 Å². The first kappa shape index (κ1) is 11.9. The van der Waals surface area contributed by atoms with Gasteiger partial charge >= 0.3 is 0 Å². The van der Waals surface area contributed by atoms with Gasteiger partial charge in [-0.1, -0.05) is 0 Å². The Labute approximate surface area is 113 Å². The van der Waals surface area contributed by atoms with Crippen LogP contribution in [0.3, 0.4) is 0 Å². The molecule has 0 bridgehead atoms. The molecule has 0 aromatic heterocycles. The van der Waals surface area contributed by atoms with Crippen LogP contribution in [0.15, 0.2) is 48.5 Å². The Morgan fingerprint density at radius 1 is 0.789 bits per heavy atom. The molecule has 2 aromatic carbocycles. The number of rotatable bonds is 3. The van der Waals surface area contributed by atoms with Gasteiger partial charge in [-0.2, -0.15) is 0 Å². The molecule has 0 atom stereocenters. The summed E-state index contributed by atoms with van der Waals surface area (Å²) in [6.07, 6.45) is 2.59. The van der Waals surface area contributed by atoms with Crippen molar-refractivity contribution < 1.29 is 4.74 Å². The molecule has 0 spiro atoms. The first-order valence-corrected chi connectivity index (χ1v) is 6.70. The van der Waals surface area contributed by atoms with Crippen LogP contribution in [0.4, 0.5) is 11.4 Å². The number of hydrogen-bond donors (Lipinski definition) is 1. The zero-order valence-corrected chi connectivity index (χ0v) is 10.9. The molecule has 0 amide bonds. The number of anilines is 2. The fourth-order valence-corrected chi connectivity index (χ4v) is 2.37. The summed E-state index contributed by atoms with van der Waals surface area (Å²) in [5.74, 6) is 1.66. The monoisotopic (exact) mass is 254 g/mol. The summed E-state index contributed by atoms with van der Waals surface area (Å²) in [6.45, 7) is 2.33. The molecule has 0 radical (unpaired) electrons. The zero-order valence-electron chi connectivity index (χ0n) is 10.9. The normalized spacial score (nSPS) is 14.6. The summed E-state index contributed by atoms with van der Waals surface area (Å²) in [5.41, 5.74) is 7.68. The van der Waals surface area contributed by atoms with E-state index in [0.29, 0.717) is 0 Å². The van der Waals surface area contributed by atoms with E-state index in [4.69, 9.17) is 10.5 Å². The van der Waals surface area contributed by atoms with Gasteiger partial charge in [0, 0.05) is 24.5 Å². The molecule has 1 saturated heterocycles. The van der Waals surface area contributed by atoms with Gasteiger partial charge in [-0.25, -0.2) is 0 Å². The van der Waals surface area contributed by atoms with Crippen molar-refractivity contribution in [3.63, 3.8) is 0 Å². The van der Waals surface area contributed by atoms with Gasteiger partial charge in [-0.15, -0.1) is 0 Å². The van der Waals surface area contributed by atoms with E-state index in [0.717, 1.165) is 30.3 Å². The fourth-order valence-electron chi connectivity index (χ4n) is 2.37.